The number of aliphatic hydroxyl groups is 1. The van der Waals surface area contributed by atoms with Gasteiger partial charge < -0.3 is 5.11 Å². The topological polar surface area (TPSA) is 20.2 Å². The van der Waals surface area contributed by atoms with Crippen LogP contribution in [0, 0.1) is 6.61 Å². The first-order valence-electron chi connectivity index (χ1n) is 12.0. The van der Waals surface area contributed by atoms with Crippen molar-refractivity contribution in [3.8, 4) is 22.3 Å². The summed E-state index contributed by atoms with van der Waals surface area (Å²) in [6, 6.07) is 31.1. The first kappa shape index (κ1) is 25.0. The minimum absolute atomic E-state index is 0.254. The Morgan fingerprint density at radius 1 is 0.714 bits per heavy atom. The Hall–Kier alpha value is -1.70. The van der Waals surface area contributed by atoms with Crippen LogP contribution < -0.4 is 0 Å². The molecule has 0 atom stereocenters. The molecular formula is C31H27Cl2OZr-. The number of aliphatic hydroxyl groups excluding tert-OH is 1. The zero-order valence-electron chi connectivity index (χ0n) is 19.7. The number of benzene rings is 4. The normalized spacial score (nSPS) is 12.7. The molecule has 2 aliphatic rings. The number of rotatable bonds is 5. The summed E-state index contributed by atoms with van der Waals surface area (Å²) >= 11 is -0.826. The first-order valence-corrected chi connectivity index (χ1v) is 18.3. The molecule has 35 heavy (non-hydrogen) atoms. The molecule has 4 aromatic carbocycles. The molecule has 0 bridgehead atoms. The summed E-state index contributed by atoms with van der Waals surface area (Å²) in [5, 5.41) is 10.2. The van der Waals surface area contributed by atoms with Crippen LogP contribution >= 0.6 is 17.0 Å². The Bertz CT molecular complexity index is 1270. The minimum atomic E-state index is -0.826. The quantitative estimate of drug-likeness (QED) is 0.203. The third-order valence-electron chi connectivity index (χ3n) is 7.78. The average Bonchev–Trinajstić information content (AvgIpc) is 3.46. The van der Waals surface area contributed by atoms with E-state index in [1.807, 2.05) is 0 Å². The molecule has 0 saturated heterocycles. The predicted octanol–water partition coefficient (Wildman–Crippen LogP) is 8.83. The second-order valence-electron chi connectivity index (χ2n) is 9.23. The Balaban J connectivity index is 0.000000806. The molecule has 0 spiro atoms. The summed E-state index contributed by atoms with van der Waals surface area (Å²) in [7, 11) is 9.87. The second-order valence-corrected chi connectivity index (χ2v) is 13.0. The van der Waals surface area contributed by atoms with Crippen molar-refractivity contribution in [2.24, 2.45) is 0 Å². The van der Waals surface area contributed by atoms with Crippen molar-refractivity contribution in [3.05, 3.63) is 125 Å². The van der Waals surface area contributed by atoms with Crippen molar-refractivity contribution in [1.82, 2.24) is 0 Å². The molecule has 2 aliphatic carbocycles. The molecule has 0 unspecified atom stereocenters. The van der Waals surface area contributed by atoms with Crippen LogP contribution in [0.4, 0.5) is 0 Å². The van der Waals surface area contributed by atoms with E-state index in [0.29, 0.717) is 6.42 Å². The number of fused-ring (bicyclic) bond motifs is 6. The van der Waals surface area contributed by atoms with Crippen LogP contribution in [-0.4, -0.2) is 5.11 Å². The molecule has 0 aliphatic heterocycles. The van der Waals surface area contributed by atoms with Crippen LogP contribution in [0.5, 0.6) is 0 Å². The van der Waals surface area contributed by atoms with E-state index in [1.54, 1.807) is 0 Å². The summed E-state index contributed by atoms with van der Waals surface area (Å²) in [6.07, 6.45) is 3.47. The third kappa shape index (κ3) is 4.27. The van der Waals surface area contributed by atoms with E-state index in [4.69, 9.17) is 17.0 Å². The first-order chi connectivity index (χ1) is 17.2. The van der Waals surface area contributed by atoms with E-state index in [0.717, 1.165) is 19.3 Å². The van der Waals surface area contributed by atoms with Crippen LogP contribution in [0.3, 0.4) is 0 Å². The maximum atomic E-state index is 10.2. The molecule has 4 aromatic rings. The summed E-state index contributed by atoms with van der Waals surface area (Å²) < 4.78 is 0. The van der Waals surface area contributed by atoms with E-state index in [9.17, 15) is 5.11 Å². The molecular weight excluding hydrogens is 550 g/mol. The summed E-state index contributed by atoms with van der Waals surface area (Å²) in [6.45, 7) is 3.65. The van der Waals surface area contributed by atoms with Gasteiger partial charge in [-0.15, -0.1) is 6.42 Å². The molecule has 4 heteroatoms. The van der Waals surface area contributed by atoms with Crippen LogP contribution in [0.25, 0.3) is 22.3 Å². The average molecular weight is 578 g/mol. The van der Waals surface area contributed by atoms with E-state index < -0.39 is 20.8 Å². The molecule has 6 rings (SSSR count). The molecule has 0 radical (unpaired) electrons. The van der Waals surface area contributed by atoms with Crippen LogP contribution in [0.1, 0.15) is 53.1 Å². The van der Waals surface area contributed by atoms with Crippen molar-refractivity contribution in [2.45, 2.75) is 38.0 Å². The Morgan fingerprint density at radius 3 is 1.57 bits per heavy atom. The van der Waals surface area contributed by atoms with Gasteiger partial charge in [-0.05, 0) is 80.3 Å². The van der Waals surface area contributed by atoms with Crippen molar-refractivity contribution in [3.63, 3.8) is 0 Å². The van der Waals surface area contributed by atoms with Gasteiger partial charge in [-0.2, -0.15) is 0 Å². The van der Waals surface area contributed by atoms with Gasteiger partial charge in [0.25, 0.3) is 0 Å². The zero-order chi connectivity index (χ0) is 24.4. The number of halogens is 2. The van der Waals surface area contributed by atoms with E-state index in [2.05, 4.69) is 91.9 Å². The molecule has 0 aromatic heterocycles. The standard InChI is InChI=1S/C31H27O.2ClH.Zr/c1-2-31(17-18-32,29-15-7-13-25-23-11-5-3-9-21(23)19-27(25)29)30-16-8-14-26-24-12-6-4-10-22(24)20-28(26)30;;;/h3-16,18,32H,2,17,19-20H2,1H3;2*1H;/q-1;;;+2/p-2. The summed E-state index contributed by atoms with van der Waals surface area (Å²) in [5.41, 5.74) is 13.5. The fourth-order valence-corrected chi connectivity index (χ4v) is 6.26. The summed E-state index contributed by atoms with van der Waals surface area (Å²) in [5.74, 6) is 0. The zero-order valence-corrected chi connectivity index (χ0v) is 23.7. The Kier molecular flexibility index (Phi) is 7.66. The van der Waals surface area contributed by atoms with Crippen molar-refractivity contribution < 1.29 is 26.0 Å². The van der Waals surface area contributed by atoms with Gasteiger partial charge in [0.1, 0.15) is 0 Å². The van der Waals surface area contributed by atoms with E-state index >= 15 is 0 Å². The van der Waals surface area contributed by atoms with Gasteiger partial charge in [0.15, 0.2) is 0 Å². The van der Waals surface area contributed by atoms with Crippen LogP contribution in [0.15, 0.2) is 84.9 Å². The molecule has 0 saturated carbocycles. The monoisotopic (exact) mass is 575 g/mol. The van der Waals surface area contributed by atoms with Crippen molar-refractivity contribution in [1.29, 1.82) is 0 Å². The van der Waals surface area contributed by atoms with Crippen LogP contribution in [0.2, 0.25) is 0 Å². The van der Waals surface area contributed by atoms with E-state index in [1.165, 1.54) is 62.2 Å². The van der Waals surface area contributed by atoms with Gasteiger partial charge in [0.05, 0.1) is 0 Å². The van der Waals surface area contributed by atoms with Gasteiger partial charge in [-0.3, -0.25) is 0 Å². The molecule has 1 N–H and O–H groups in total. The fourth-order valence-electron chi connectivity index (χ4n) is 6.26. The second kappa shape index (κ2) is 10.7. The molecule has 176 valence electrons. The molecule has 0 amide bonds. The van der Waals surface area contributed by atoms with Crippen molar-refractivity contribution >= 4 is 17.0 Å². The van der Waals surface area contributed by atoms with Gasteiger partial charge in [0, 0.05) is 0 Å². The van der Waals surface area contributed by atoms with Crippen molar-refractivity contribution in [2.75, 3.05) is 0 Å². The molecule has 1 nitrogen and oxygen atoms in total. The molecule has 0 fully saturated rings. The SMILES string of the molecule is CCC(C[CH-]O)(c1cccc2c1Cc1ccccc1-2)c1cccc2c1Cc1ccccc1-2.[Cl][Zr][Cl]. The van der Waals surface area contributed by atoms with E-state index in [-0.39, 0.29) is 5.41 Å². The third-order valence-corrected chi connectivity index (χ3v) is 7.78. The fraction of sp³-hybridized carbons (Fsp3) is 0.194. The summed E-state index contributed by atoms with van der Waals surface area (Å²) in [4.78, 5) is 0. The van der Waals surface area contributed by atoms with Gasteiger partial charge in [-0.25, -0.2) is 6.61 Å². The number of hydrogen-bond donors (Lipinski definition) is 1. The maximum absolute atomic E-state index is 10.2. The van der Waals surface area contributed by atoms with Gasteiger partial charge >= 0.3 is 37.9 Å². The Morgan fingerprint density at radius 2 is 1.14 bits per heavy atom. The van der Waals surface area contributed by atoms with Crippen LogP contribution in [-0.2, 0) is 39.1 Å². The predicted molar refractivity (Wildman–Crippen MR) is 143 cm³/mol. The van der Waals surface area contributed by atoms with Gasteiger partial charge in [0.2, 0.25) is 0 Å². The van der Waals surface area contributed by atoms with Gasteiger partial charge in [-0.1, -0.05) is 91.9 Å². The Labute approximate surface area is 226 Å². The molecule has 0 heterocycles. The number of hydrogen-bond acceptors (Lipinski definition) is 1.